The quantitative estimate of drug-likeness (QED) is 0.807. The molecule has 2 aromatic rings. The Bertz CT molecular complexity index is 717. The summed E-state index contributed by atoms with van der Waals surface area (Å²) in [5.74, 6) is 0.126. The second-order valence-electron chi connectivity index (χ2n) is 3.85. The van der Waals surface area contributed by atoms with Gasteiger partial charge in [0.1, 0.15) is 10.3 Å². The molecule has 0 aliphatic carbocycles. The number of benzene rings is 1. The molecule has 3 nitrogen and oxygen atoms in total. The van der Waals surface area contributed by atoms with Crippen molar-refractivity contribution < 1.29 is 9.00 Å². The SMILES string of the molecule is CCS(=O)c1sc(C(=O)c2ccccc2)c(Cl)c1C#N. The first kappa shape index (κ1) is 14.9. The van der Waals surface area contributed by atoms with Gasteiger partial charge in [-0.1, -0.05) is 48.9 Å². The average molecular weight is 324 g/mol. The fourth-order valence-corrected chi connectivity index (χ4v) is 4.55. The highest BCUT2D eigenvalue weighted by atomic mass is 35.5. The lowest BCUT2D eigenvalue weighted by molar-refractivity contribution is 0.104. The zero-order valence-corrected chi connectivity index (χ0v) is 12.9. The maximum absolute atomic E-state index is 12.4. The van der Waals surface area contributed by atoms with Crippen molar-refractivity contribution in [3.63, 3.8) is 0 Å². The van der Waals surface area contributed by atoms with Crippen LogP contribution in [-0.4, -0.2) is 15.7 Å². The maximum Gasteiger partial charge on any atom is 0.204 e. The lowest BCUT2D eigenvalue weighted by Crippen LogP contribution is -1.98. The van der Waals surface area contributed by atoms with Gasteiger partial charge in [0.05, 0.1) is 26.3 Å². The Morgan fingerprint density at radius 2 is 2.05 bits per heavy atom. The molecule has 1 aromatic heterocycles. The van der Waals surface area contributed by atoms with Gasteiger partial charge in [0.25, 0.3) is 0 Å². The highest BCUT2D eigenvalue weighted by Crippen LogP contribution is 2.36. The molecule has 1 heterocycles. The lowest BCUT2D eigenvalue weighted by Gasteiger charge is -1.97. The summed E-state index contributed by atoms with van der Waals surface area (Å²) in [4.78, 5) is 12.6. The van der Waals surface area contributed by atoms with Crippen LogP contribution < -0.4 is 0 Å². The van der Waals surface area contributed by atoms with Crippen LogP contribution in [0.3, 0.4) is 0 Å². The van der Waals surface area contributed by atoms with Crippen molar-refractivity contribution in [1.82, 2.24) is 0 Å². The van der Waals surface area contributed by atoms with Crippen molar-refractivity contribution in [1.29, 1.82) is 5.26 Å². The summed E-state index contributed by atoms with van der Waals surface area (Å²) in [7, 11) is -1.30. The molecule has 20 heavy (non-hydrogen) atoms. The number of thiophene rings is 1. The van der Waals surface area contributed by atoms with E-state index in [9.17, 15) is 9.00 Å². The molecule has 0 saturated heterocycles. The Labute approximate surface area is 128 Å². The zero-order chi connectivity index (χ0) is 14.7. The third-order valence-electron chi connectivity index (χ3n) is 2.64. The van der Waals surface area contributed by atoms with E-state index in [1.165, 1.54) is 0 Å². The summed E-state index contributed by atoms with van der Waals surface area (Å²) in [6, 6.07) is 10.6. The van der Waals surface area contributed by atoms with Crippen LogP contribution in [0.1, 0.15) is 27.7 Å². The number of ketones is 1. The zero-order valence-electron chi connectivity index (χ0n) is 10.6. The summed E-state index contributed by atoms with van der Waals surface area (Å²) in [6.07, 6.45) is 0. The van der Waals surface area contributed by atoms with Crippen LogP contribution in [0, 0.1) is 11.3 Å². The van der Waals surface area contributed by atoms with E-state index in [2.05, 4.69) is 0 Å². The molecule has 0 N–H and O–H groups in total. The van der Waals surface area contributed by atoms with Gasteiger partial charge in [-0.2, -0.15) is 5.26 Å². The first-order chi connectivity index (χ1) is 9.60. The Kier molecular flexibility index (Phi) is 4.71. The summed E-state index contributed by atoms with van der Waals surface area (Å²) in [6.45, 7) is 1.75. The molecule has 1 unspecified atom stereocenters. The van der Waals surface area contributed by atoms with Gasteiger partial charge in [-0.25, -0.2) is 0 Å². The van der Waals surface area contributed by atoms with Crippen molar-refractivity contribution >= 4 is 39.5 Å². The first-order valence-corrected chi connectivity index (χ1v) is 8.32. The number of halogens is 1. The topological polar surface area (TPSA) is 57.9 Å². The lowest BCUT2D eigenvalue weighted by atomic mass is 10.1. The minimum atomic E-state index is -1.30. The number of carbonyl (C=O) groups is 1. The molecule has 0 aliphatic heterocycles. The largest absolute Gasteiger partial charge is 0.288 e. The van der Waals surface area contributed by atoms with Gasteiger partial charge in [0.15, 0.2) is 0 Å². The van der Waals surface area contributed by atoms with Crippen LogP contribution in [0.15, 0.2) is 34.5 Å². The molecule has 0 fully saturated rings. The van der Waals surface area contributed by atoms with E-state index in [4.69, 9.17) is 16.9 Å². The van der Waals surface area contributed by atoms with E-state index in [-0.39, 0.29) is 21.2 Å². The molecule has 0 aliphatic rings. The molecular weight excluding hydrogens is 314 g/mol. The summed E-state index contributed by atoms with van der Waals surface area (Å²) in [5, 5.41) is 9.24. The van der Waals surface area contributed by atoms with Crippen molar-refractivity contribution in [2.75, 3.05) is 5.75 Å². The van der Waals surface area contributed by atoms with E-state index in [0.717, 1.165) is 11.3 Å². The summed E-state index contributed by atoms with van der Waals surface area (Å²) < 4.78 is 12.3. The number of rotatable bonds is 4. The standard InChI is InChI=1S/C14H10ClNO2S2/c1-2-20(18)14-10(8-16)11(15)13(19-14)12(17)9-6-4-3-5-7-9/h3-7H,2H2,1H3. The Morgan fingerprint density at radius 1 is 1.40 bits per heavy atom. The fraction of sp³-hybridized carbons (Fsp3) is 0.143. The van der Waals surface area contributed by atoms with Crippen molar-refractivity contribution in [3.8, 4) is 6.07 Å². The molecule has 2 rings (SSSR count). The average Bonchev–Trinajstić information content (AvgIpc) is 2.83. The van der Waals surface area contributed by atoms with Crippen LogP contribution >= 0.6 is 22.9 Å². The maximum atomic E-state index is 12.4. The minimum Gasteiger partial charge on any atom is -0.288 e. The van der Waals surface area contributed by atoms with Gasteiger partial charge in [0.2, 0.25) is 5.78 Å². The van der Waals surface area contributed by atoms with Crippen LogP contribution in [-0.2, 0) is 10.8 Å². The van der Waals surface area contributed by atoms with Gasteiger partial charge in [0, 0.05) is 11.3 Å². The van der Waals surface area contributed by atoms with E-state index < -0.39 is 10.8 Å². The van der Waals surface area contributed by atoms with E-state index in [1.807, 2.05) is 12.1 Å². The van der Waals surface area contributed by atoms with Crippen molar-refractivity contribution in [2.24, 2.45) is 0 Å². The number of hydrogen-bond acceptors (Lipinski definition) is 4. The van der Waals surface area contributed by atoms with Gasteiger partial charge < -0.3 is 0 Å². The minimum absolute atomic E-state index is 0.100. The second-order valence-corrected chi connectivity index (χ2v) is 7.18. The third-order valence-corrected chi connectivity index (χ3v) is 6.06. The van der Waals surface area contributed by atoms with Gasteiger partial charge in [-0.15, -0.1) is 11.3 Å². The van der Waals surface area contributed by atoms with E-state index in [0.29, 0.717) is 15.5 Å². The molecule has 1 aromatic carbocycles. The number of hydrogen-bond donors (Lipinski definition) is 0. The third kappa shape index (κ3) is 2.68. The highest BCUT2D eigenvalue weighted by molar-refractivity contribution is 7.87. The Morgan fingerprint density at radius 3 is 2.60 bits per heavy atom. The molecule has 0 bridgehead atoms. The molecule has 0 amide bonds. The number of nitriles is 1. The Hall–Kier alpha value is -1.48. The molecule has 0 radical (unpaired) electrons. The monoisotopic (exact) mass is 323 g/mol. The van der Waals surface area contributed by atoms with Gasteiger partial charge >= 0.3 is 0 Å². The number of nitrogens with zero attached hydrogens (tertiary/aromatic N) is 1. The number of carbonyl (C=O) groups excluding carboxylic acids is 1. The summed E-state index contributed by atoms with van der Waals surface area (Å²) >= 11 is 7.15. The van der Waals surface area contributed by atoms with Crippen molar-refractivity contribution in [3.05, 3.63) is 51.4 Å². The normalized spacial score (nSPS) is 11.8. The predicted octanol–water partition coefficient (Wildman–Crippen LogP) is 3.63. The molecular formula is C14H10ClNO2S2. The van der Waals surface area contributed by atoms with Gasteiger partial charge in [-0.3, -0.25) is 9.00 Å². The highest BCUT2D eigenvalue weighted by Gasteiger charge is 2.24. The molecule has 6 heteroatoms. The fourth-order valence-electron chi connectivity index (χ4n) is 1.64. The van der Waals surface area contributed by atoms with E-state index in [1.54, 1.807) is 31.2 Å². The smallest absolute Gasteiger partial charge is 0.204 e. The summed E-state index contributed by atoms with van der Waals surface area (Å²) in [5.41, 5.74) is 0.644. The van der Waals surface area contributed by atoms with Crippen LogP contribution in [0.2, 0.25) is 5.02 Å². The van der Waals surface area contributed by atoms with Crippen LogP contribution in [0.5, 0.6) is 0 Å². The first-order valence-electron chi connectivity index (χ1n) is 5.80. The predicted molar refractivity (Wildman–Crippen MR) is 80.9 cm³/mol. The van der Waals surface area contributed by atoms with Crippen LogP contribution in [0.25, 0.3) is 0 Å². The molecule has 0 spiro atoms. The van der Waals surface area contributed by atoms with E-state index >= 15 is 0 Å². The van der Waals surface area contributed by atoms with Crippen LogP contribution in [0.4, 0.5) is 0 Å². The molecule has 1 atom stereocenters. The van der Waals surface area contributed by atoms with Gasteiger partial charge in [-0.05, 0) is 0 Å². The molecule has 102 valence electrons. The van der Waals surface area contributed by atoms with Crippen molar-refractivity contribution in [2.45, 2.75) is 11.1 Å². The Balaban J connectivity index is 2.54. The molecule has 0 saturated carbocycles. The second kappa shape index (κ2) is 6.31.